The molecular weight excluding hydrogens is 404 g/mol. The Hall–Kier alpha value is -2.61. The molecule has 2 saturated carbocycles. The lowest BCUT2D eigenvalue weighted by Gasteiger charge is -2.38. The first-order valence-electron chi connectivity index (χ1n) is 10.5. The van der Waals surface area contributed by atoms with Crippen molar-refractivity contribution in [2.75, 3.05) is 10.6 Å². The molecule has 30 heavy (non-hydrogen) atoms. The van der Waals surface area contributed by atoms with Crippen LogP contribution < -0.4 is 21.5 Å². The van der Waals surface area contributed by atoms with Gasteiger partial charge in [-0.2, -0.15) is 0 Å². The van der Waals surface area contributed by atoms with Crippen molar-refractivity contribution < 1.29 is 4.79 Å². The summed E-state index contributed by atoms with van der Waals surface area (Å²) in [6.07, 6.45) is 7.48. The van der Waals surface area contributed by atoms with E-state index in [0.29, 0.717) is 22.7 Å². The third-order valence-electron chi connectivity index (χ3n) is 6.61. The highest BCUT2D eigenvalue weighted by atomic mass is 35.5. The fraction of sp³-hybridized carbons (Fsp3) is 0.524. The first-order chi connectivity index (χ1) is 14.3. The van der Waals surface area contributed by atoms with Crippen molar-refractivity contribution in [1.82, 2.24) is 19.9 Å². The van der Waals surface area contributed by atoms with Gasteiger partial charge in [-0.1, -0.05) is 11.6 Å². The highest BCUT2D eigenvalue weighted by Gasteiger charge is 2.54. The van der Waals surface area contributed by atoms with Crippen LogP contribution in [0.4, 0.5) is 17.3 Å². The summed E-state index contributed by atoms with van der Waals surface area (Å²) in [5.41, 5.74) is 0.0260. The Bertz CT molecular complexity index is 1080. The van der Waals surface area contributed by atoms with Crippen molar-refractivity contribution in [3.05, 3.63) is 39.5 Å². The molecule has 2 aliphatic carbocycles. The van der Waals surface area contributed by atoms with E-state index in [1.807, 2.05) is 13.8 Å². The SMILES string of the molecule is CC(C)Nc1cc(Nc2cc(Cl)c3n(c2=O)C2(CCC4(CC4)CC2)NC3=O)ncn1. The lowest BCUT2D eigenvalue weighted by molar-refractivity contribution is 0.0822. The third kappa shape index (κ3) is 3.14. The van der Waals surface area contributed by atoms with Crippen LogP contribution in [0.25, 0.3) is 0 Å². The maximum Gasteiger partial charge on any atom is 0.276 e. The molecule has 0 radical (unpaired) electrons. The Morgan fingerprint density at radius 3 is 2.40 bits per heavy atom. The summed E-state index contributed by atoms with van der Waals surface area (Å²) < 4.78 is 1.59. The number of pyridine rings is 1. The van der Waals surface area contributed by atoms with Gasteiger partial charge in [0, 0.05) is 12.1 Å². The Morgan fingerprint density at radius 1 is 1.07 bits per heavy atom. The average molecular weight is 429 g/mol. The first-order valence-corrected chi connectivity index (χ1v) is 10.8. The second kappa shape index (κ2) is 6.70. The molecule has 0 aromatic carbocycles. The molecule has 1 aliphatic heterocycles. The van der Waals surface area contributed by atoms with E-state index >= 15 is 0 Å². The molecule has 0 bridgehead atoms. The zero-order valence-electron chi connectivity index (χ0n) is 17.1. The van der Waals surface area contributed by atoms with Crippen LogP contribution in [0.3, 0.4) is 0 Å². The minimum Gasteiger partial charge on any atom is -0.368 e. The minimum atomic E-state index is -0.686. The van der Waals surface area contributed by atoms with Crippen molar-refractivity contribution in [2.45, 2.75) is 64.1 Å². The average Bonchev–Trinajstić information content (AvgIpc) is 3.39. The van der Waals surface area contributed by atoms with Crippen LogP contribution in [0.15, 0.2) is 23.3 Å². The number of aromatic nitrogens is 3. The van der Waals surface area contributed by atoms with E-state index < -0.39 is 5.66 Å². The van der Waals surface area contributed by atoms with Crippen molar-refractivity contribution in [3.8, 4) is 0 Å². The third-order valence-corrected chi connectivity index (χ3v) is 6.89. The van der Waals surface area contributed by atoms with Crippen LogP contribution in [0.5, 0.6) is 0 Å². The van der Waals surface area contributed by atoms with Gasteiger partial charge in [-0.15, -0.1) is 0 Å². The normalized spacial score (nSPS) is 20.3. The standard InChI is InChI=1S/C21H25ClN6O2/c1-12(2)25-15-10-16(24-11-23-15)26-14-9-13(22)17-18(29)27-21(28(17)19(14)30)7-5-20(3-4-20)6-8-21/h9-12H,3-8H2,1-2H3,(H,27,29)(H2,23,24,25,26). The molecule has 0 saturated heterocycles. The molecule has 2 fully saturated rings. The van der Waals surface area contributed by atoms with Crippen LogP contribution in [-0.4, -0.2) is 26.5 Å². The van der Waals surface area contributed by atoms with Crippen LogP contribution in [0, 0.1) is 5.41 Å². The number of anilines is 3. The Morgan fingerprint density at radius 2 is 1.73 bits per heavy atom. The Kier molecular flexibility index (Phi) is 4.32. The summed E-state index contributed by atoms with van der Waals surface area (Å²) in [6, 6.07) is 3.46. The Balaban J connectivity index is 1.52. The number of hydrogen-bond donors (Lipinski definition) is 3. The number of fused-ring (bicyclic) bond motifs is 2. The van der Waals surface area contributed by atoms with E-state index in [0.717, 1.165) is 25.7 Å². The van der Waals surface area contributed by atoms with Crippen molar-refractivity contribution in [1.29, 1.82) is 0 Å². The molecule has 2 spiro atoms. The number of nitrogens with zero attached hydrogens (tertiary/aromatic N) is 3. The monoisotopic (exact) mass is 428 g/mol. The summed E-state index contributed by atoms with van der Waals surface area (Å²) in [6.45, 7) is 4.03. The lowest BCUT2D eigenvalue weighted by Crippen LogP contribution is -2.50. The van der Waals surface area contributed by atoms with Gasteiger partial charge in [0.05, 0.1) is 5.02 Å². The summed E-state index contributed by atoms with van der Waals surface area (Å²) in [4.78, 5) is 34.6. The highest BCUT2D eigenvalue weighted by Crippen LogP contribution is 2.59. The molecule has 3 N–H and O–H groups in total. The first kappa shape index (κ1) is 19.4. The quantitative estimate of drug-likeness (QED) is 0.687. The molecule has 5 rings (SSSR count). The Labute approximate surface area is 179 Å². The van der Waals surface area contributed by atoms with Crippen LogP contribution in [-0.2, 0) is 5.66 Å². The van der Waals surface area contributed by atoms with Crippen molar-refractivity contribution in [3.63, 3.8) is 0 Å². The zero-order valence-corrected chi connectivity index (χ0v) is 17.8. The molecule has 0 unspecified atom stereocenters. The summed E-state index contributed by atoms with van der Waals surface area (Å²) in [5, 5.41) is 9.62. The lowest BCUT2D eigenvalue weighted by atomic mass is 9.79. The molecule has 0 atom stereocenters. The molecule has 1 amide bonds. The van der Waals surface area contributed by atoms with E-state index in [1.165, 1.54) is 25.2 Å². The second-order valence-electron chi connectivity index (χ2n) is 9.09. The van der Waals surface area contributed by atoms with Gasteiger partial charge in [-0.05, 0) is 63.9 Å². The van der Waals surface area contributed by atoms with Gasteiger partial charge >= 0.3 is 0 Å². The maximum absolute atomic E-state index is 13.5. The van der Waals surface area contributed by atoms with Gasteiger partial charge in [0.1, 0.15) is 35.0 Å². The van der Waals surface area contributed by atoms with Gasteiger partial charge in [0.2, 0.25) is 0 Å². The number of carbonyl (C=O) groups is 1. The summed E-state index contributed by atoms with van der Waals surface area (Å²) >= 11 is 6.47. The fourth-order valence-corrected chi connectivity index (χ4v) is 5.06. The predicted molar refractivity (Wildman–Crippen MR) is 115 cm³/mol. The van der Waals surface area contributed by atoms with Gasteiger partial charge in [0.15, 0.2) is 0 Å². The van der Waals surface area contributed by atoms with Gasteiger partial charge in [-0.25, -0.2) is 9.97 Å². The minimum absolute atomic E-state index is 0.214. The van der Waals surface area contributed by atoms with E-state index in [1.54, 1.807) is 10.6 Å². The summed E-state index contributed by atoms with van der Waals surface area (Å²) in [5.74, 6) is 0.861. The molecule has 3 aliphatic rings. The molecule has 9 heteroatoms. The predicted octanol–water partition coefficient (Wildman–Crippen LogP) is 3.61. The number of carbonyl (C=O) groups excluding carboxylic acids is 1. The molecule has 2 aromatic rings. The fourth-order valence-electron chi connectivity index (χ4n) is 4.78. The second-order valence-corrected chi connectivity index (χ2v) is 9.50. The molecule has 3 heterocycles. The van der Waals surface area contributed by atoms with Gasteiger partial charge in [0.25, 0.3) is 11.5 Å². The van der Waals surface area contributed by atoms with Gasteiger partial charge in [-0.3, -0.25) is 14.2 Å². The molecule has 158 valence electrons. The van der Waals surface area contributed by atoms with Crippen molar-refractivity contribution >= 4 is 34.8 Å². The zero-order chi connectivity index (χ0) is 21.1. The van der Waals surface area contributed by atoms with Crippen LogP contribution in [0.1, 0.15) is 62.9 Å². The van der Waals surface area contributed by atoms with Crippen molar-refractivity contribution in [2.24, 2.45) is 5.41 Å². The van der Waals surface area contributed by atoms with Crippen LogP contribution >= 0.6 is 11.6 Å². The number of hydrogen-bond acceptors (Lipinski definition) is 6. The van der Waals surface area contributed by atoms with Gasteiger partial charge < -0.3 is 16.0 Å². The van der Waals surface area contributed by atoms with Crippen LogP contribution in [0.2, 0.25) is 5.02 Å². The topological polar surface area (TPSA) is 101 Å². The smallest absolute Gasteiger partial charge is 0.276 e. The molecule has 2 aromatic heterocycles. The van der Waals surface area contributed by atoms with E-state index in [9.17, 15) is 9.59 Å². The number of rotatable bonds is 4. The maximum atomic E-state index is 13.5. The molecule has 8 nitrogen and oxygen atoms in total. The summed E-state index contributed by atoms with van der Waals surface area (Å²) in [7, 11) is 0. The number of nitrogens with one attached hydrogen (secondary N) is 3. The largest absolute Gasteiger partial charge is 0.368 e. The number of amides is 1. The van der Waals surface area contributed by atoms with E-state index in [-0.39, 0.29) is 28.2 Å². The van der Waals surface area contributed by atoms with E-state index in [4.69, 9.17) is 11.6 Å². The highest BCUT2D eigenvalue weighted by molar-refractivity contribution is 6.34. The van der Waals surface area contributed by atoms with E-state index in [2.05, 4.69) is 25.9 Å². The number of halogens is 1. The molecular formula is C21H25ClN6O2.